The second kappa shape index (κ2) is 3.31. The first-order valence-electron chi connectivity index (χ1n) is 3.81. The molecule has 0 N–H and O–H groups in total. The number of rotatable bonds is 1. The van der Waals surface area contributed by atoms with Crippen LogP contribution >= 0.6 is 11.6 Å². The molecular weight excluding hydrogens is 160 g/mol. The van der Waals surface area contributed by atoms with E-state index in [0.717, 1.165) is 16.4 Å². The van der Waals surface area contributed by atoms with E-state index < -0.39 is 0 Å². The Bertz CT molecular complexity index is 214. The van der Waals surface area contributed by atoms with Crippen LogP contribution in [0.1, 0.15) is 20.8 Å². The maximum atomic E-state index is 5.93. The number of hydrogen-bond acceptors (Lipinski definition) is 1. The molecule has 2 heteroatoms. The normalized spacial score (nSPS) is 18.5. The lowest BCUT2D eigenvalue weighted by atomic mass is 10.1. The first-order chi connectivity index (χ1) is 5.11. The molecule has 1 aliphatic heterocycles. The van der Waals surface area contributed by atoms with Crippen molar-refractivity contribution < 1.29 is 4.74 Å². The van der Waals surface area contributed by atoms with E-state index >= 15 is 0 Å². The van der Waals surface area contributed by atoms with Crippen molar-refractivity contribution >= 4 is 11.6 Å². The molecule has 1 nitrogen and oxygen atoms in total. The second-order valence-corrected chi connectivity index (χ2v) is 3.53. The van der Waals surface area contributed by atoms with Crippen LogP contribution in [0, 0.1) is 5.92 Å². The molecule has 0 saturated carbocycles. The van der Waals surface area contributed by atoms with Crippen LogP contribution in [0.3, 0.4) is 0 Å². The maximum absolute atomic E-state index is 5.93. The Kier molecular flexibility index (Phi) is 2.61. The van der Waals surface area contributed by atoms with Gasteiger partial charge in [-0.3, -0.25) is 0 Å². The van der Waals surface area contributed by atoms with E-state index in [1.54, 1.807) is 0 Å². The van der Waals surface area contributed by atoms with Gasteiger partial charge in [-0.1, -0.05) is 25.4 Å². The van der Waals surface area contributed by atoms with Gasteiger partial charge in [-0.15, -0.1) is 0 Å². The molecule has 0 aromatic heterocycles. The standard InChI is InChI=1S/C9H13ClO/c1-6(2)9-4-8(10)7(3)5-11-9/h4,6H,5H2,1-3H3. The van der Waals surface area contributed by atoms with Crippen LogP contribution in [-0.4, -0.2) is 6.61 Å². The summed E-state index contributed by atoms with van der Waals surface area (Å²) in [5.74, 6) is 1.41. The van der Waals surface area contributed by atoms with Gasteiger partial charge < -0.3 is 4.74 Å². The Balaban J connectivity index is 2.81. The van der Waals surface area contributed by atoms with Gasteiger partial charge in [-0.05, 0) is 18.6 Å². The second-order valence-electron chi connectivity index (χ2n) is 3.12. The Morgan fingerprint density at radius 2 is 2.18 bits per heavy atom. The van der Waals surface area contributed by atoms with Gasteiger partial charge in [0.05, 0.1) is 0 Å². The van der Waals surface area contributed by atoms with Crippen molar-refractivity contribution in [3.05, 3.63) is 22.4 Å². The van der Waals surface area contributed by atoms with Crippen LogP contribution in [0.25, 0.3) is 0 Å². The zero-order valence-electron chi connectivity index (χ0n) is 7.15. The highest BCUT2D eigenvalue weighted by atomic mass is 35.5. The molecule has 0 aromatic rings. The van der Waals surface area contributed by atoms with E-state index in [-0.39, 0.29) is 0 Å². The summed E-state index contributed by atoms with van der Waals surface area (Å²) in [6.45, 7) is 6.81. The molecule has 0 aromatic carbocycles. The van der Waals surface area contributed by atoms with E-state index in [0.29, 0.717) is 12.5 Å². The van der Waals surface area contributed by atoms with Gasteiger partial charge in [0.1, 0.15) is 12.4 Å². The third-order valence-corrected chi connectivity index (χ3v) is 2.13. The lowest BCUT2D eigenvalue weighted by molar-refractivity contribution is 0.204. The van der Waals surface area contributed by atoms with Crippen molar-refractivity contribution in [3.63, 3.8) is 0 Å². The number of allylic oxidation sites excluding steroid dienone is 3. The zero-order chi connectivity index (χ0) is 8.43. The highest BCUT2D eigenvalue weighted by Crippen LogP contribution is 2.24. The van der Waals surface area contributed by atoms with Gasteiger partial charge in [0.25, 0.3) is 0 Å². The molecular formula is C9H13ClO. The van der Waals surface area contributed by atoms with E-state index in [4.69, 9.17) is 16.3 Å². The lowest BCUT2D eigenvalue weighted by Gasteiger charge is -2.18. The molecule has 0 fully saturated rings. The minimum absolute atomic E-state index is 0.428. The lowest BCUT2D eigenvalue weighted by Crippen LogP contribution is -2.07. The summed E-state index contributed by atoms with van der Waals surface area (Å²) in [6.07, 6.45) is 1.91. The first kappa shape index (κ1) is 8.66. The number of hydrogen-bond donors (Lipinski definition) is 0. The predicted octanol–water partition coefficient (Wildman–Crippen LogP) is 3.07. The van der Waals surface area contributed by atoms with Crippen LogP contribution in [-0.2, 0) is 4.74 Å². The molecule has 0 spiro atoms. The average Bonchev–Trinajstić information content (AvgIpc) is 1.94. The molecule has 0 unspecified atom stereocenters. The maximum Gasteiger partial charge on any atom is 0.110 e. The van der Waals surface area contributed by atoms with Crippen LogP contribution in [0.4, 0.5) is 0 Å². The third-order valence-electron chi connectivity index (χ3n) is 1.70. The van der Waals surface area contributed by atoms with Gasteiger partial charge in [-0.25, -0.2) is 0 Å². The predicted molar refractivity (Wildman–Crippen MR) is 47.4 cm³/mol. The fourth-order valence-electron chi connectivity index (χ4n) is 0.884. The summed E-state index contributed by atoms with van der Waals surface area (Å²) in [6, 6.07) is 0. The smallest absolute Gasteiger partial charge is 0.110 e. The van der Waals surface area contributed by atoms with Crippen molar-refractivity contribution in [2.24, 2.45) is 5.92 Å². The summed E-state index contributed by atoms with van der Waals surface area (Å²) in [5.41, 5.74) is 1.11. The van der Waals surface area contributed by atoms with E-state index in [2.05, 4.69) is 13.8 Å². The minimum atomic E-state index is 0.428. The Labute approximate surface area is 72.7 Å². The van der Waals surface area contributed by atoms with Crippen molar-refractivity contribution in [3.8, 4) is 0 Å². The van der Waals surface area contributed by atoms with Crippen LogP contribution < -0.4 is 0 Å². The third kappa shape index (κ3) is 2.00. The van der Waals surface area contributed by atoms with E-state index in [1.165, 1.54) is 0 Å². The number of halogens is 1. The quantitative estimate of drug-likeness (QED) is 0.591. The molecule has 0 amide bonds. The van der Waals surface area contributed by atoms with Gasteiger partial charge >= 0.3 is 0 Å². The summed E-state index contributed by atoms with van der Waals surface area (Å²) < 4.78 is 5.44. The van der Waals surface area contributed by atoms with Gasteiger partial charge in [-0.2, -0.15) is 0 Å². The van der Waals surface area contributed by atoms with Crippen LogP contribution in [0.5, 0.6) is 0 Å². The molecule has 11 heavy (non-hydrogen) atoms. The molecule has 1 heterocycles. The Hall–Kier alpha value is -0.430. The summed E-state index contributed by atoms with van der Waals surface area (Å²) >= 11 is 5.93. The summed E-state index contributed by atoms with van der Waals surface area (Å²) in [7, 11) is 0. The molecule has 1 rings (SSSR count). The van der Waals surface area contributed by atoms with Crippen LogP contribution in [0.2, 0.25) is 0 Å². The molecule has 0 bridgehead atoms. The fraction of sp³-hybridized carbons (Fsp3) is 0.556. The van der Waals surface area contributed by atoms with E-state index in [1.807, 2.05) is 13.0 Å². The van der Waals surface area contributed by atoms with Crippen molar-refractivity contribution in [1.82, 2.24) is 0 Å². The van der Waals surface area contributed by atoms with Crippen LogP contribution in [0.15, 0.2) is 22.4 Å². The molecule has 0 aliphatic carbocycles. The number of ether oxygens (including phenoxy) is 1. The fourth-order valence-corrected chi connectivity index (χ4v) is 1.05. The summed E-state index contributed by atoms with van der Waals surface area (Å²) in [5, 5.41) is 0.833. The molecule has 1 aliphatic rings. The topological polar surface area (TPSA) is 9.23 Å². The van der Waals surface area contributed by atoms with E-state index in [9.17, 15) is 0 Å². The molecule has 0 radical (unpaired) electrons. The Morgan fingerprint density at radius 3 is 2.64 bits per heavy atom. The van der Waals surface area contributed by atoms with Gasteiger partial charge in [0.15, 0.2) is 0 Å². The Morgan fingerprint density at radius 1 is 1.55 bits per heavy atom. The highest BCUT2D eigenvalue weighted by Gasteiger charge is 2.11. The van der Waals surface area contributed by atoms with Crippen molar-refractivity contribution in [2.45, 2.75) is 20.8 Å². The minimum Gasteiger partial charge on any atom is -0.493 e. The molecule has 0 saturated heterocycles. The first-order valence-corrected chi connectivity index (χ1v) is 4.18. The molecule has 0 atom stereocenters. The van der Waals surface area contributed by atoms with Crippen molar-refractivity contribution in [2.75, 3.05) is 6.61 Å². The molecule has 62 valence electrons. The van der Waals surface area contributed by atoms with Gasteiger partial charge in [0, 0.05) is 11.0 Å². The van der Waals surface area contributed by atoms with Gasteiger partial charge in [0.2, 0.25) is 0 Å². The highest BCUT2D eigenvalue weighted by molar-refractivity contribution is 6.31. The average molecular weight is 173 g/mol. The monoisotopic (exact) mass is 172 g/mol. The van der Waals surface area contributed by atoms with Crippen molar-refractivity contribution in [1.29, 1.82) is 0 Å². The zero-order valence-corrected chi connectivity index (χ0v) is 7.90. The SMILES string of the molecule is CC1=C(Cl)C=C(C(C)C)OC1. The largest absolute Gasteiger partial charge is 0.493 e. The summed E-state index contributed by atoms with van der Waals surface area (Å²) in [4.78, 5) is 0.